The summed E-state index contributed by atoms with van der Waals surface area (Å²) in [4.78, 5) is -0.384. The summed E-state index contributed by atoms with van der Waals surface area (Å²) in [5.74, 6) is -0.346. The second-order valence-electron chi connectivity index (χ2n) is 5.73. The highest BCUT2D eigenvalue weighted by Crippen LogP contribution is 2.30. The summed E-state index contributed by atoms with van der Waals surface area (Å²) in [5.41, 5.74) is 6.43. The summed E-state index contributed by atoms with van der Waals surface area (Å²) in [6.45, 7) is 0.349. The molecule has 1 heterocycles. The van der Waals surface area contributed by atoms with Crippen molar-refractivity contribution in [3.63, 3.8) is 0 Å². The molecule has 0 saturated heterocycles. The van der Waals surface area contributed by atoms with Gasteiger partial charge in [-0.1, -0.05) is 30.3 Å². The van der Waals surface area contributed by atoms with E-state index in [9.17, 15) is 21.6 Å². The molecule has 1 aliphatic heterocycles. The Labute approximate surface area is 153 Å². The lowest BCUT2D eigenvalue weighted by Crippen LogP contribution is -2.32. The molecule has 0 aromatic heterocycles. The van der Waals surface area contributed by atoms with E-state index in [4.69, 9.17) is 5.73 Å². The van der Waals surface area contributed by atoms with Gasteiger partial charge in [-0.2, -0.15) is 26.7 Å². The Morgan fingerprint density at radius 1 is 1.07 bits per heavy atom. The summed E-state index contributed by atoms with van der Waals surface area (Å²) >= 11 is 0. The van der Waals surface area contributed by atoms with E-state index in [-0.39, 0.29) is 10.9 Å². The molecular formula is C17H15F3N4O2S. The van der Waals surface area contributed by atoms with Gasteiger partial charge in [0.25, 0.3) is 10.0 Å². The minimum atomic E-state index is -4.55. The van der Waals surface area contributed by atoms with Gasteiger partial charge >= 0.3 is 6.18 Å². The zero-order chi connectivity index (χ0) is 19.7. The second-order valence-corrected chi connectivity index (χ2v) is 7.34. The van der Waals surface area contributed by atoms with Crippen molar-refractivity contribution >= 4 is 21.7 Å². The van der Waals surface area contributed by atoms with Gasteiger partial charge in [0.1, 0.15) is 0 Å². The highest BCUT2D eigenvalue weighted by atomic mass is 32.2. The van der Waals surface area contributed by atoms with E-state index >= 15 is 0 Å². The van der Waals surface area contributed by atoms with E-state index in [1.54, 1.807) is 0 Å². The van der Waals surface area contributed by atoms with Gasteiger partial charge in [-0.05, 0) is 29.8 Å². The number of guanidine groups is 1. The Kier molecular flexibility index (Phi) is 4.92. The number of hydrazone groups is 1. The van der Waals surface area contributed by atoms with Gasteiger partial charge in [-0.25, -0.2) is 5.01 Å². The van der Waals surface area contributed by atoms with E-state index in [1.165, 1.54) is 5.01 Å². The summed E-state index contributed by atoms with van der Waals surface area (Å²) in [6.07, 6.45) is -4.00. The highest BCUT2D eigenvalue weighted by Gasteiger charge is 2.30. The average Bonchev–Trinajstić information content (AvgIpc) is 3.12. The van der Waals surface area contributed by atoms with Crippen molar-refractivity contribution in [3.8, 4) is 0 Å². The van der Waals surface area contributed by atoms with Crippen molar-refractivity contribution in [2.45, 2.75) is 17.5 Å². The lowest BCUT2D eigenvalue weighted by molar-refractivity contribution is -0.137. The maximum absolute atomic E-state index is 12.6. The first-order valence-electron chi connectivity index (χ1n) is 7.85. The summed E-state index contributed by atoms with van der Waals surface area (Å²) in [7, 11) is -4.26. The Hall–Kier alpha value is -2.88. The fourth-order valence-corrected chi connectivity index (χ4v) is 3.42. The predicted molar refractivity (Wildman–Crippen MR) is 94.6 cm³/mol. The van der Waals surface area contributed by atoms with E-state index in [2.05, 4.69) is 9.50 Å². The number of halogens is 3. The van der Waals surface area contributed by atoms with Gasteiger partial charge in [0.2, 0.25) is 5.96 Å². The predicted octanol–water partition coefficient (Wildman–Crippen LogP) is 2.82. The first-order chi connectivity index (χ1) is 12.7. The van der Waals surface area contributed by atoms with Crippen molar-refractivity contribution in [3.05, 3.63) is 65.7 Å². The number of sulfonamides is 1. The molecule has 0 bridgehead atoms. The molecule has 0 aliphatic carbocycles. The van der Waals surface area contributed by atoms with Crippen molar-refractivity contribution in [2.24, 2.45) is 15.2 Å². The summed E-state index contributed by atoms with van der Waals surface area (Å²) in [6, 6.07) is 12.4. The molecule has 0 saturated carbocycles. The molecule has 2 aromatic carbocycles. The SMILES string of the molecule is NC(=NS(=O)(=O)c1ccc(C(F)(F)F)cc1)N1CCC(c2ccccc2)=N1. The highest BCUT2D eigenvalue weighted by molar-refractivity contribution is 7.90. The summed E-state index contributed by atoms with van der Waals surface area (Å²) < 4.78 is 65.8. The third-order valence-corrected chi connectivity index (χ3v) is 5.16. The van der Waals surface area contributed by atoms with Gasteiger partial charge in [0.05, 0.1) is 22.7 Å². The van der Waals surface area contributed by atoms with Crippen molar-refractivity contribution < 1.29 is 21.6 Å². The molecule has 10 heteroatoms. The number of hydrogen-bond acceptors (Lipinski definition) is 3. The normalized spacial score (nSPS) is 15.7. The molecule has 0 fully saturated rings. The molecular weight excluding hydrogens is 381 g/mol. The number of nitrogens with zero attached hydrogens (tertiary/aromatic N) is 3. The Bertz CT molecular complexity index is 985. The van der Waals surface area contributed by atoms with Crippen LogP contribution in [0.25, 0.3) is 0 Å². The van der Waals surface area contributed by atoms with Gasteiger partial charge in [-0.15, -0.1) is 4.40 Å². The minimum Gasteiger partial charge on any atom is -0.367 e. The van der Waals surface area contributed by atoms with Crippen molar-refractivity contribution in [2.75, 3.05) is 6.54 Å². The Balaban J connectivity index is 1.82. The monoisotopic (exact) mass is 396 g/mol. The average molecular weight is 396 g/mol. The van der Waals surface area contributed by atoms with Crippen LogP contribution in [0.3, 0.4) is 0 Å². The van der Waals surface area contributed by atoms with Gasteiger partial charge < -0.3 is 5.73 Å². The second kappa shape index (κ2) is 7.03. The standard InChI is InChI=1S/C17H15F3N4O2S/c18-17(19,20)13-6-8-14(9-7-13)27(25,26)23-16(21)24-11-10-15(22-24)12-4-2-1-3-5-12/h1-9H,10-11H2,(H2,21,23). The Morgan fingerprint density at radius 3 is 2.30 bits per heavy atom. The zero-order valence-electron chi connectivity index (χ0n) is 13.9. The molecule has 1 aliphatic rings. The molecule has 0 spiro atoms. The number of nitrogens with two attached hydrogens (primary N) is 1. The maximum atomic E-state index is 12.6. The van der Waals surface area contributed by atoms with E-state index < -0.39 is 21.8 Å². The van der Waals surface area contributed by atoms with Crippen molar-refractivity contribution in [1.82, 2.24) is 5.01 Å². The van der Waals surface area contributed by atoms with E-state index in [0.29, 0.717) is 25.1 Å². The van der Waals surface area contributed by atoms with Gasteiger partial charge in [0.15, 0.2) is 0 Å². The van der Waals surface area contributed by atoms with Gasteiger partial charge in [0, 0.05) is 6.42 Å². The molecule has 0 amide bonds. The summed E-state index contributed by atoms with van der Waals surface area (Å²) in [5, 5.41) is 5.52. The van der Waals surface area contributed by atoms with Crippen molar-refractivity contribution in [1.29, 1.82) is 0 Å². The van der Waals surface area contributed by atoms with Crippen LogP contribution in [-0.4, -0.2) is 31.6 Å². The molecule has 6 nitrogen and oxygen atoms in total. The molecule has 3 rings (SSSR count). The first-order valence-corrected chi connectivity index (χ1v) is 9.29. The Morgan fingerprint density at radius 2 is 1.70 bits per heavy atom. The number of rotatable bonds is 3. The van der Waals surface area contributed by atoms with Crippen LogP contribution in [0.2, 0.25) is 0 Å². The number of alkyl halides is 3. The van der Waals surface area contributed by atoms with Crippen LogP contribution in [0.1, 0.15) is 17.5 Å². The van der Waals surface area contributed by atoms with E-state index in [1.807, 2.05) is 30.3 Å². The van der Waals surface area contributed by atoms with Crippen LogP contribution < -0.4 is 5.73 Å². The van der Waals surface area contributed by atoms with Crippen LogP contribution in [0, 0.1) is 0 Å². The van der Waals surface area contributed by atoms with E-state index in [0.717, 1.165) is 23.4 Å². The number of hydrogen-bond donors (Lipinski definition) is 1. The topological polar surface area (TPSA) is 88.1 Å². The van der Waals surface area contributed by atoms with Crippen LogP contribution in [0.15, 0.2) is 69.0 Å². The molecule has 142 valence electrons. The fourth-order valence-electron chi connectivity index (χ4n) is 2.49. The van der Waals surface area contributed by atoms with Gasteiger partial charge in [-0.3, -0.25) is 0 Å². The quantitative estimate of drug-likeness (QED) is 0.638. The lowest BCUT2D eigenvalue weighted by atomic mass is 10.1. The van der Waals surface area contributed by atoms with Crippen LogP contribution in [0.4, 0.5) is 13.2 Å². The molecule has 27 heavy (non-hydrogen) atoms. The fraction of sp³-hybridized carbons (Fsp3) is 0.176. The van der Waals surface area contributed by atoms with Crippen LogP contribution in [0.5, 0.6) is 0 Å². The third kappa shape index (κ3) is 4.27. The first kappa shape index (κ1) is 18.9. The minimum absolute atomic E-state index is 0.346. The van der Waals surface area contributed by atoms with Crippen LogP contribution in [-0.2, 0) is 16.2 Å². The lowest BCUT2D eigenvalue weighted by Gasteiger charge is -2.12. The van der Waals surface area contributed by atoms with Crippen LogP contribution >= 0.6 is 0 Å². The molecule has 2 aromatic rings. The molecule has 0 unspecified atom stereocenters. The molecule has 2 N–H and O–H groups in total. The third-order valence-electron chi connectivity index (χ3n) is 3.87. The largest absolute Gasteiger partial charge is 0.416 e. The molecule has 0 radical (unpaired) electrons. The number of benzene rings is 2. The zero-order valence-corrected chi connectivity index (χ0v) is 14.7. The molecule has 0 atom stereocenters. The smallest absolute Gasteiger partial charge is 0.367 e. The maximum Gasteiger partial charge on any atom is 0.416 e.